The number of carboxylic acid groups (broad SMARTS) is 1. The zero-order valence-electron chi connectivity index (χ0n) is 36.0. The molecule has 1 aromatic rings. The first-order valence-corrected chi connectivity index (χ1v) is 21.7. The second-order valence-corrected chi connectivity index (χ2v) is 14.3. The Labute approximate surface area is 351 Å². The van der Waals surface area contributed by atoms with Crippen LogP contribution in [0.1, 0.15) is 142 Å². The van der Waals surface area contributed by atoms with E-state index < -0.39 is 18.1 Å². The fourth-order valence-electron chi connectivity index (χ4n) is 5.80. The number of carbonyl (C=O) groups excluding carboxylic acids is 3. The molecule has 0 fully saturated rings. The average molecular weight is 847 g/mol. The van der Waals surface area contributed by atoms with Gasteiger partial charge in [-0.15, -0.1) is 5.10 Å². The van der Waals surface area contributed by atoms with Gasteiger partial charge in [-0.1, -0.05) is 109 Å². The minimum absolute atomic E-state index is 0. The molecule has 2 unspecified atom stereocenters. The topological polar surface area (TPSA) is 201 Å². The quantitative estimate of drug-likeness (QED) is 0.0456. The summed E-state index contributed by atoms with van der Waals surface area (Å²) in [5, 5.41) is 25.7. The van der Waals surface area contributed by atoms with Crippen LogP contribution in [0.4, 0.5) is 4.79 Å². The molecule has 4 N–H and O–H groups in total. The van der Waals surface area contributed by atoms with E-state index in [1.807, 2.05) is 6.20 Å². The average Bonchev–Trinajstić information content (AvgIpc) is 3.65. The van der Waals surface area contributed by atoms with Crippen LogP contribution < -0.4 is 16.0 Å². The number of carbonyl (C=O) groups is 4. The third kappa shape index (κ3) is 35.1. The molecule has 0 aliphatic heterocycles. The number of alkyl carbamates (subject to hydrolysis) is 1. The van der Waals surface area contributed by atoms with E-state index in [-0.39, 0.29) is 47.7 Å². The van der Waals surface area contributed by atoms with E-state index in [9.17, 15) is 24.3 Å². The van der Waals surface area contributed by atoms with E-state index in [2.05, 4.69) is 40.1 Å². The Morgan fingerprint density at radius 3 is 1.76 bits per heavy atom. The van der Waals surface area contributed by atoms with Crippen LogP contribution in [0, 0.1) is 0 Å². The number of amides is 3. The molecule has 0 saturated carbocycles. The maximum atomic E-state index is 12.3. The summed E-state index contributed by atoms with van der Waals surface area (Å²) in [6, 6.07) is -1.09. The number of nitrogens with zero attached hydrogens (tertiary/aromatic N) is 3. The van der Waals surface area contributed by atoms with Crippen molar-refractivity contribution >= 4 is 33.8 Å². The minimum Gasteiger partial charge on any atom is -0.480 e. The number of aliphatic carboxylic acids is 1. The monoisotopic (exact) mass is 847 g/mol. The van der Waals surface area contributed by atoms with Crippen molar-refractivity contribution in [3.8, 4) is 0 Å². The van der Waals surface area contributed by atoms with Crippen molar-refractivity contribution in [1.29, 1.82) is 0 Å². The van der Waals surface area contributed by atoms with E-state index in [0.717, 1.165) is 44.2 Å². The predicted octanol–water partition coefficient (Wildman–Crippen LogP) is 5.81. The number of hydrogen-bond donors (Lipinski definition) is 4. The number of ether oxygens (including phenoxy) is 5. The third-order valence-corrected chi connectivity index (χ3v) is 9.18. The normalized spacial score (nSPS) is 11.5. The summed E-state index contributed by atoms with van der Waals surface area (Å²) in [5.41, 5.74) is 0.742. The summed E-state index contributed by atoms with van der Waals surface area (Å²) in [4.78, 5) is 47.8. The molecule has 338 valence electrons. The number of carboxylic acids is 1. The number of hydrogen-bond acceptors (Lipinski definition) is 11. The molecule has 58 heavy (non-hydrogen) atoms. The lowest BCUT2D eigenvalue weighted by molar-refractivity contribution is -0.142. The standard InChI is InChI=1S/C41H76N6O10.H3P/c1-3-5-7-8-9-10-11-12-13-14-15-16-17-19-39(49)44-37(40(50)51)20-21-38(48)42-24-27-53-29-31-55-33-34-56-32-30-54-28-25-47-35-36(45-46-47)22-26-57-41(52)43-23-18-6-4-2;/h35,37H,3-34H2,1-2H3,(H,42,48)(H,43,52)(H,44,49)(H,50,51);1H3. The smallest absolute Gasteiger partial charge is 0.407 e. The molecule has 0 aromatic carbocycles. The summed E-state index contributed by atoms with van der Waals surface area (Å²) < 4.78 is 28.9. The molecule has 3 amide bonds. The van der Waals surface area contributed by atoms with Crippen LogP contribution >= 0.6 is 9.90 Å². The first kappa shape index (κ1) is 55.1. The van der Waals surface area contributed by atoms with Crippen molar-refractivity contribution in [3.63, 3.8) is 0 Å². The molecule has 0 spiro atoms. The number of nitrogens with one attached hydrogen (secondary N) is 3. The van der Waals surface area contributed by atoms with Gasteiger partial charge in [0.2, 0.25) is 11.8 Å². The van der Waals surface area contributed by atoms with Crippen molar-refractivity contribution in [1.82, 2.24) is 30.9 Å². The Hall–Kier alpha value is -2.91. The van der Waals surface area contributed by atoms with Crippen LogP contribution in [0.2, 0.25) is 0 Å². The first-order chi connectivity index (χ1) is 27.8. The van der Waals surface area contributed by atoms with E-state index in [0.29, 0.717) is 78.8 Å². The van der Waals surface area contributed by atoms with E-state index in [1.54, 1.807) is 4.68 Å². The molecule has 1 heterocycles. The van der Waals surface area contributed by atoms with Crippen molar-refractivity contribution in [3.05, 3.63) is 11.9 Å². The molecule has 1 aromatic heterocycles. The largest absolute Gasteiger partial charge is 0.480 e. The number of aromatic nitrogens is 3. The Morgan fingerprint density at radius 2 is 1.17 bits per heavy atom. The molecule has 0 aliphatic carbocycles. The lowest BCUT2D eigenvalue weighted by Crippen LogP contribution is -2.41. The van der Waals surface area contributed by atoms with Crippen molar-refractivity contribution in [2.75, 3.05) is 72.6 Å². The van der Waals surface area contributed by atoms with Gasteiger partial charge in [0.15, 0.2) is 0 Å². The lowest BCUT2D eigenvalue weighted by atomic mass is 10.0. The summed E-state index contributed by atoms with van der Waals surface area (Å²) in [5.74, 6) is -1.72. The van der Waals surface area contributed by atoms with Crippen LogP contribution in [0.15, 0.2) is 6.20 Å². The molecule has 0 radical (unpaired) electrons. The van der Waals surface area contributed by atoms with Crippen molar-refractivity contribution in [2.24, 2.45) is 0 Å². The van der Waals surface area contributed by atoms with E-state index in [1.165, 1.54) is 64.2 Å². The summed E-state index contributed by atoms with van der Waals surface area (Å²) >= 11 is 0. The fourth-order valence-corrected chi connectivity index (χ4v) is 5.80. The second kappa shape index (κ2) is 40.9. The van der Waals surface area contributed by atoms with Gasteiger partial charge in [0.1, 0.15) is 6.04 Å². The van der Waals surface area contributed by atoms with Gasteiger partial charge in [0.05, 0.1) is 71.7 Å². The van der Waals surface area contributed by atoms with Crippen LogP contribution in [0.3, 0.4) is 0 Å². The Balaban J connectivity index is 0.0000325. The molecule has 16 nitrogen and oxygen atoms in total. The molecule has 0 saturated heterocycles. The van der Waals surface area contributed by atoms with Gasteiger partial charge in [0, 0.05) is 38.5 Å². The molecule has 1 rings (SSSR count). The summed E-state index contributed by atoms with van der Waals surface area (Å²) in [6.07, 6.45) is 21.1. The SMILES string of the molecule is CCCCCCCCCCCCCCCC(=O)NC(CCC(=O)NCCOCCOCCOCCOCCn1cc(CCOC(=O)NCCCCC)nn1)C(=O)O.P. The maximum Gasteiger partial charge on any atom is 0.407 e. The van der Waals surface area contributed by atoms with E-state index in [4.69, 9.17) is 23.7 Å². The van der Waals surface area contributed by atoms with Crippen LogP contribution in [-0.2, 0) is 51.0 Å². The summed E-state index contributed by atoms with van der Waals surface area (Å²) in [7, 11) is 0. The van der Waals surface area contributed by atoms with E-state index >= 15 is 0 Å². The highest BCUT2D eigenvalue weighted by molar-refractivity contribution is 6.92. The fraction of sp³-hybridized carbons (Fsp3) is 0.854. The maximum absolute atomic E-state index is 12.3. The zero-order chi connectivity index (χ0) is 41.4. The highest BCUT2D eigenvalue weighted by Gasteiger charge is 2.20. The molecule has 0 bridgehead atoms. The van der Waals surface area contributed by atoms with Crippen molar-refractivity contribution in [2.45, 2.75) is 155 Å². The number of unbranched alkanes of at least 4 members (excludes halogenated alkanes) is 14. The first-order valence-electron chi connectivity index (χ1n) is 21.7. The highest BCUT2D eigenvalue weighted by atomic mass is 31.0. The van der Waals surface area contributed by atoms with Gasteiger partial charge in [-0.3, -0.25) is 9.59 Å². The molecule has 0 aliphatic rings. The molecule has 17 heteroatoms. The Kier molecular flexibility index (Phi) is 38.8. The minimum atomic E-state index is -1.14. The lowest BCUT2D eigenvalue weighted by Gasteiger charge is -2.14. The van der Waals surface area contributed by atoms with Gasteiger partial charge >= 0.3 is 12.1 Å². The molecular weight excluding hydrogens is 767 g/mol. The van der Waals surface area contributed by atoms with Gasteiger partial charge in [-0.25, -0.2) is 14.3 Å². The Bertz CT molecular complexity index is 1150. The zero-order valence-corrected chi connectivity index (χ0v) is 37.4. The summed E-state index contributed by atoms with van der Waals surface area (Å²) in [6.45, 7) is 9.23. The highest BCUT2D eigenvalue weighted by Crippen LogP contribution is 2.13. The van der Waals surface area contributed by atoms with Gasteiger partial charge in [-0.2, -0.15) is 9.90 Å². The van der Waals surface area contributed by atoms with Crippen LogP contribution in [0.5, 0.6) is 0 Å². The van der Waals surface area contributed by atoms with Gasteiger partial charge < -0.3 is 44.7 Å². The van der Waals surface area contributed by atoms with Gasteiger partial charge in [-0.05, 0) is 19.3 Å². The third-order valence-electron chi connectivity index (χ3n) is 9.18. The predicted molar refractivity (Wildman–Crippen MR) is 229 cm³/mol. The molecular formula is C41H79N6O10P. The molecule has 2 atom stereocenters. The number of rotatable bonds is 41. The van der Waals surface area contributed by atoms with Crippen LogP contribution in [0.25, 0.3) is 0 Å². The second-order valence-electron chi connectivity index (χ2n) is 14.3. The Morgan fingerprint density at radius 1 is 0.638 bits per heavy atom. The van der Waals surface area contributed by atoms with Crippen molar-refractivity contribution < 1.29 is 48.0 Å². The van der Waals surface area contributed by atoms with Gasteiger partial charge in [0.25, 0.3) is 0 Å². The van der Waals surface area contributed by atoms with Crippen LogP contribution in [-0.4, -0.2) is 123 Å².